The summed E-state index contributed by atoms with van der Waals surface area (Å²) in [4.78, 5) is 26.8. The maximum Gasteiger partial charge on any atom is 0.324 e. The van der Waals surface area contributed by atoms with Crippen LogP contribution in [0.5, 0.6) is 12.0 Å². The lowest BCUT2D eigenvalue weighted by atomic mass is 10.1. The number of ether oxygens (including phenoxy) is 2. The number of nitrogens with zero attached hydrogens (tertiary/aromatic N) is 6. The number of aryl methyl sites for hydroxylation is 1. The van der Waals surface area contributed by atoms with Crippen LogP contribution in [0.3, 0.4) is 0 Å². The third kappa shape index (κ3) is 3.78. The third-order valence-corrected chi connectivity index (χ3v) is 4.11. The Labute approximate surface area is 145 Å². The average Bonchev–Trinajstić information content (AvgIpc) is 3.08. The monoisotopic (exact) mass is 347 g/mol. The number of hydrogen-bond donors (Lipinski definition) is 1. The van der Waals surface area contributed by atoms with Gasteiger partial charge in [-0.2, -0.15) is 15.1 Å². The second-order valence-corrected chi connectivity index (χ2v) is 5.68. The number of methoxy groups -OCH3 is 2. The van der Waals surface area contributed by atoms with Gasteiger partial charge in [0.25, 0.3) is 5.91 Å². The minimum absolute atomic E-state index is 0.101. The Morgan fingerprint density at radius 3 is 2.32 bits per heavy atom. The molecule has 0 bridgehead atoms. The summed E-state index contributed by atoms with van der Waals surface area (Å²) in [5.74, 6) is 0.405. The molecule has 0 aliphatic carbocycles. The van der Waals surface area contributed by atoms with E-state index in [1.165, 1.54) is 14.2 Å². The van der Waals surface area contributed by atoms with E-state index in [9.17, 15) is 4.79 Å². The van der Waals surface area contributed by atoms with Gasteiger partial charge in [-0.25, -0.2) is 0 Å². The molecule has 10 nitrogen and oxygen atoms in total. The first-order valence-corrected chi connectivity index (χ1v) is 7.98. The van der Waals surface area contributed by atoms with E-state index in [0.717, 1.165) is 12.8 Å². The van der Waals surface area contributed by atoms with Crippen molar-refractivity contribution in [3.63, 3.8) is 0 Å². The molecule has 1 aliphatic heterocycles. The number of anilines is 1. The largest absolute Gasteiger partial charge is 0.467 e. The number of rotatable bonds is 5. The van der Waals surface area contributed by atoms with Gasteiger partial charge < -0.3 is 19.7 Å². The maximum atomic E-state index is 12.3. The van der Waals surface area contributed by atoms with E-state index in [-0.39, 0.29) is 24.0 Å². The van der Waals surface area contributed by atoms with Crippen LogP contribution in [0.2, 0.25) is 0 Å². The van der Waals surface area contributed by atoms with Gasteiger partial charge in [0.05, 0.1) is 14.2 Å². The van der Waals surface area contributed by atoms with Gasteiger partial charge in [0, 0.05) is 32.4 Å². The Kier molecular flexibility index (Phi) is 4.96. The molecule has 3 heterocycles. The van der Waals surface area contributed by atoms with E-state index in [0.29, 0.717) is 24.7 Å². The van der Waals surface area contributed by atoms with Gasteiger partial charge >= 0.3 is 12.0 Å². The van der Waals surface area contributed by atoms with Gasteiger partial charge in [0.2, 0.25) is 5.95 Å². The van der Waals surface area contributed by atoms with Gasteiger partial charge in [0.1, 0.15) is 5.69 Å². The molecule has 0 atom stereocenters. The maximum absolute atomic E-state index is 12.3. The van der Waals surface area contributed by atoms with Crippen molar-refractivity contribution in [2.24, 2.45) is 7.05 Å². The minimum Gasteiger partial charge on any atom is -0.467 e. The Bertz CT molecular complexity index is 718. The zero-order chi connectivity index (χ0) is 17.8. The Balaban J connectivity index is 1.60. The number of nitrogens with one attached hydrogen (secondary N) is 1. The standard InChI is InChI=1S/C15H21N7O3/c1-21-11(4-7-16-21)12(23)17-10-5-8-22(9-6-10)13-18-14(24-2)20-15(19-13)25-3/h4,7,10H,5-6,8-9H2,1-3H3,(H,17,23). The normalized spacial score (nSPS) is 15.1. The van der Waals surface area contributed by atoms with Crippen LogP contribution in [0.4, 0.5) is 5.95 Å². The van der Waals surface area contributed by atoms with Crippen LogP contribution >= 0.6 is 0 Å². The lowest BCUT2D eigenvalue weighted by Crippen LogP contribution is -2.45. The van der Waals surface area contributed by atoms with Crippen molar-refractivity contribution in [1.82, 2.24) is 30.0 Å². The van der Waals surface area contributed by atoms with Gasteiger partial charge in [-0.1, -0.05) is 0 Å². The molecule has 3 rings (SSSR count). The molecule has 2 aromatic rings. The number of carbonyl (C=O) groups excluding carboxylic acids is 1. The van der Waals surface area contributed by atoms with Gasteiger partial charge in [0.15, 0.2) is 0 Å². The first-order chi connectivity index (χ1) is 12.1. The lowest BCUT2D eigenvalue weighted by Gasteiger charge is -2.32. The fourth-order valence-corrected chi connectivity index (χ4v) is 2.73. The lowest BCUT2D eigenvalue weighted by molar-refractivity contribution is 0.0921. The number of hydrogen-bond acceptors (Lipinski definition) is 8. The summed E-state index contributed by atoms with van der Waals surface area (Å²) in [6.45, 7) is 1.43. The summed E-state index contributed by atoms with van der Waals surface area (Å²) in [7, 11) is 4.75. The highest BCUT2D eigenvalue weighted by Gasteiger charge is 2.24. The number of carbonyl (C=O) groups is 1. The molecule has 1 aliphatic rings. The van der Waals surface area contributed by atoms with Crippen LogP contribution in [-0.4, -0.2) is 64.0 Å². The molecule has 134 valence electrons. The van der Waals surface area contributed by atoms with Crippen molar-refractivity contribution >= 4 is 11.9 Å². The van der Waals surface area contributed by atoms with Crippen LogP contribution < -0.4 is 19.7 Å². The molecule has 25 heavy (non-hydrogen) atoms. The highest BCUT2D eigenvalue weighted by Crippen LogP contribution is 2.20. The average molecular weight is 347 g/mol. The van der Waals surface area contributed by atoms with E-state index in [2.05, 4.69) is 25.4 Å². The molecule has 0 saturated carbocycles. The molecule has 1 fully saturated rings. The summed E-state index contributed by atoms with van der Waals surface area (Å²) in [6.07, 6.45) is 3.19. The molecule has 0 spiro atoms. The first kappa shape index (κ1) is 16.9. The fraction of sp³-hybridized carbons (Fsp3) is 0.533. The number of piperidine rings is 1. The second-order valence-electron chi connectivity index (χ2n) is 5.68. The smallest absolute Gasteiger partial charge is 0.324 e. The zero-order valence-electron chi connectivity index (χ0n) is 14.5. The van der Waals surface area contributed by atoms with Crippen LogP contribution in [-0.2, 0) is 7.05 Å². The highest BCUT2D eigenvalue weighted by molar-refractivity contribution is 5.92. The third-order valence-electron chi connectivity index (χ3n) is 4.11. The van der Waals surface area contributed by atoms with Crippen LogP contribution in [0.15, 0.2) is 12.3 Å². The minimum atomic E-state index is -0.109. The van der Waals surface area contributed by atoms with E-state index in [4.69, 9.17) is 9.47 Å². The predicted molar refractivity (Wildman–Crippen MR) is 88.8 cm³/mol. The molecule has 1 saturated heterocycles. The topological polar surface area (TPSA) is 107 Å². The summed E-state index contributed by atoms with van der Waals surface area (Å²) in [5.41, 5.74) is 0.550. The summed E-state index contributed by atoms with van der Waals surface area (Å²) < 4.78 is 11.7. The zero-order valence-corrected chi connectivity index (χ0v) is 14.5. The van der Waals surface area contributed by atoms with Gasteiger partial charge in [-0.3, -0.25) is 9.48 Å². The molecule has 0 aromatic carbocycles. The Hall–Kier alpha value is -2.91. The van der Waals surface area contributed by atoms with E-state index >= 15 is 0 Å². The summed E-state index contributed by atoms with van der Waals surface area (Å²) in [6, 6.07) is 2.24. The Morgan fingerprint density at radius 1 is 1.16 bits per heavy atom. The molecule has 2 aromatic heterocycles. The van der Waals surface area contributed by atoms with Crippen molar-refractivity contribution in [2.45, 2.75) is 18.9 Å². The van der Waals surface area contributed by atoms with Gasteiger partial charge in [-0.15, -0.1) is 4.98 Å². The predicted octanol–water partition coefficient (Wildman–Crippen LogP) is 0.0211. The SMILES string of the molecule is COc1nc(OC)nc(N2CCC(NC(=O)c3ccnn3C)CC2)n1. The molecule has 1 amide bonds. The van der Waals surface area contributed by atoms with E-state index in [1.807, 2.05) is 4.90 Å². The van der Waals surface area contributed by atoms with Crippen molar-refractivity contribution in [3.8, 4) is 12.0 Å². The van der Waals surface area contributed by atoms with Crippen LogP contribution in [0.25, 0.3) is 0 Å². The molecular weight excluding hydrogens is 326 g/mol. The summed E-state index contributed by atoms with van der Waals surface area (Å²) >= 11 is 0. The van der Waals surface area contributed by atoms with Crippen molar-refractivity contribution in [3.05, 3.63) is 18.0 Å². The number of amides is 1. The van der Waals surface area contributed by atoms with Crippen molar-refractivity contribution in [1.29, 1.82) is 0 Å². The first-order valence-electron chi connectivity index (χ1n) is 7.98. The number of aromatic nitrogens is 5. The quantitative estimate of drug-likeness (QED) is 0.807. The highest BCUT2D eigenvalue weighted by atomic mass is 16.5. The fourth-order valence-electron chi connectivity index (χ4n) is 2.73. The van der Waals surface area contributed by atoms with Crippen molar-refractivity contribution in [2.75, 3.05) is 32.2 Å². The molecular formula is C15H21N7O3. The van der Waals surface area contributed by atoms with E-state index < -0.39 is 0 Å². The molecule has 0 unspecified atom stereocenters. The summed E-state index contributed by atoms with van der Waals surface area (Å²) in [5, 5.41) is 7.07. The molecule has 10 heteroatoms. The second kappa shape index (κ2) is 7.32. The molecule has 0 radical (unpaired) electrons. The van der Waals surface area contributed by atoms with Crippen molar-refractivity contribution < 1.29 is 14.3 Å². The van der Waals surface area contributed by atoms with Crippen LogP contribution in [0.1, 0.15) is 23.3 Å². The van der Waals surface area contributed by atoms with Gasteiger partial charge in [-0.05, 0) is 18.9 Å². The van der Waals surface area contributed by atoms with E-state index in [1.54, 1.807) is 24.0 Å². The van der Waals surface area contributed by atoms with Crippen LogP contribution in [0, 0.1) is 0 Å². The Morgan fingerprint density at radius 2 is 1.80 bits per heavy atom. The molecule has 1 N–H and O–H groups in total.